The summed E-state index contributed by atoms with van der Waals surface area (Å²) in [5, 5.41) is 5.86. The van der Waals surface area contributed by atoms with Crippen LogP contribution in [-0.2, 0) is 4.79 Å². The van der Waals surface area contributed by atoms with Crippen molar-refractivity contribution in [3.8, 4) is 11.1 Å². The number of carbonyl (C=O) groups is 2. The Morgan fingerprint density at radius 3 is 2.56 bits per heavy atom. The van der Waals surface area contributed by atoms with Crippen LogP contribution >= 0.6 is 0 Å². The predicted octanol–water partition coefficient (Wildman–Crippen LogP) is 4.69. The number of amides is 2. The number of H-pyrrole nitrogens is 1. The molecule has 0 radical (unpaired) electrons. The van der Waals surface area contributed by atoms with E-state index in [-0.39, 0.29) is 17.6 Å². The molecule has 1 aliphatic heterocycles. The number of likely N-dealkylation sites (N-methyl/N-ethyl adjacent to an activating group) is 1. The van der Waals surface area contributed by atoms with Gasteiger partial charge in [-0.15, -0.1) is 0 Å². The Balaban J connectivity index is 1.62. The largest absolute Gasteiger partial charge is 0.351 e. The van der Waals surface area contributed by atoms with Crippen LogP contribution in [0.25, 0.3) is 22.8 Å². The maximum Gasteiger partial charge on any atom is 0.267 e. The van der Waals surface area contributed by atoms with Crippen molar-refractivity contribution in [1.82, 2.24) is 15.2 Å². The number of nitrogens with zero attached hydrogens (tertiary/aromatic N) is 1. The zero-order valence-electron chi connectivity index (χ0n) is 19.7. The van der Waals surface area contributed by atoms with Gasteiger partial charge in [0.1, 0.15) is 11.5 Å². The number of carbonyl (C=O) groups excluding carboxylic acids is 2. The highest BCUT2D eigenvalue weighted by Gasteiger charge is 2.28. The van der Waals surface area contributed by atoms with Gasteiger partial charge in [-0.2, -0.15) is 0 Å². The van der Waals surface area contributed by atoms with Crippen LogP contribution in [0.3, 0.4) is 0 Å². The molecule has 2 amide bonds. The SMILES string of the molecule is CCN(CC)CCNC(=O)c1cc(C)c(C=C2C(=O)Nc3cccc(-c4ccc(F)cc4)c32)[nH]1. The van der Waals surface area contributed by atoms with Gasteiger partial charge in [0.25, 0.3) is 11.8 Å². The number of fused-ring (bicyclic) bond motifs is 1. The van der Waals surface area contributed by atoms with E-state index >= 15 is 0 Å². The second-order valence-electron chi connectivity index (χ2n) is 8.31. The van der Waals surface area contributed by atoms with E-state index in [0.29, 0.717) is 29.2 Å². The molecule has 6 nitrogen and oxygen atoms in total. The lowest BCUT2D eigenvalue weighted by Gasteiger charge is -2.17. The van der Waals surface area contributed by atoms with Crippen molar-refractivity contribution >= 4 is 29.2 Å². The number of hydrogen-bond donors (Lipinski definition) is 3. The van der Waals surface area contributed by atoms with Gasteiger partial charge < -0.3 is 20.5 Å². The van der Waals surface area contributed by atoms with Gasteiger partial charge in [0.15, 0.2) is 0 Å². The van der Waals surface area contributed by atoms with Gasteiger partial charge in [-0.25, -0.2) is 4.39 Å². The summed E-state index contributed by atoms with van der Waals surface area (Å²) in [5.74, 6) is -0.710. The predicted molar refractivity (Wildman–Crippen MR) is 134 cm³/mol. The first-order valence-corrected chi connectivity index (χ1v) is 11.5. The van der Waals surface area contributed by atoms with Crippen molar-refractivity contribution in [1.29, 1.82) is 0 Å². The standard InChI is InChI=1S/C27H29FN4O2/c1-4-32(5-2)14-13-29-27(34)24-15-17(3)23(30-24)16-21-25-20(18-9-11-19(28)12-10-18)7-6-8-22(25)31-26(21)33/h6-12,15-16,30H,4-5,13-14H2,1-3H3,(H,29,34)(H,31,33). The van der Waals surface area contributed by atoms with Gasteiger partial charge in [-0.1, -0.05) is 38.1 Å². The van der Waals surface area contributed by atoms with Crippen molar-refractivity contribution in [2.75, 3.05) is 31.5 Å². The molecule has 1 aromatic heterocycles. The minimum Gasteiger partial charge on any atom is -0.351 e. The van der Waals surface area contributed by atoms with E-state index in [9.17, 15) is 14.0 Å². The Kier molecular flexibility index (Phi) is 6.93. The van der Waals surface area contributed by atoms with Gasteiger partial charge in [0, 0.05) is 30.0 Å². The third-order valence-electron chi connectivity index (χ3n) is 6.18. The number of nitrogens with one attached hydrogen (secondary N) is 3. The lowest BCUT2D eigenvalue weighted by Crippen LogP contribution is -2.34. The van der Waals surface area contributed by atoms with Crippen LogP contribution in [0.5, 0.6) is 0 Å². The topological polar surface area (TPSA) is 77.2 Å². The van der Waals surface area contributed by atoms with Gasteiger partial charge in [0.05, 0.1) is 5.57 Å². The molecule has 0 saturated carbocycles. The number of benzene rings is 2. The second-order valence-corrected chi connectivity index (χ2v) is 8.31. The Bertz CT molecular complexity index is 1240. The fourth-order valence-corrected chi connectivity index (χ4v) is 4.21. The first-order valence-electron chi connectivity index (χ1n) is 11.5. The molecule has 2 heterocycles. The Hall–Kier alpha value is -3.71. The van der Waals surface area contributed by atoms with Crippen LogP contribution in [-0.4, -0.2) is 47.9 Å². The summed E-state index contributed by atoms with van der Waals surface area (Å²) in [7, 11) is 0. The highest BCUT2D eigenvalue weighted by molar-refractivity contribution is 6.36. The molecule has 34 heavy (non-hydrogen) atoms. The molecule has 0 spiro atoms. The number of anilines is 1. The maximum absolute atomic E-state index is 13.5. The average molecular weight is 461 g/mol. The van der Waals surface area contributed by atoms with E-state index < -0.39 is 0 Å². The van der Waals surface area contributed by atoms with Crippen molar-refractivity contribution in [3.63, 3.8) is 0 Å². The van der Waals surface area contributed by atoms with E-state index in [0.717, 1.165) is 41.9 Å². The lowest BCUT2D eigenvalue weighted by atomic mass is 9.94. The molecule has 3 aromatic rings. The van der Waals surface area contributed by atoms with E-state index in [4.69, 9.17) is 0 Å². The molecule has 2 aromatic carbocycles. The quantitative estimate of drug-likeness (QED) is 0.427. The molecule has 1 aliphatic rings. The molecule has 0 fully saturated rings. The summed E-state index contributed by atoms with van der Waals surface area (Å²) in [5.41, 5.74) is 5.62. The number of aromatic nitrogens is 1. The number of aryl methyl sites for hydroxylation is 1. The number of rotatable bonds is 8. The van der Waals surface area contributed by atoms with E-state index in [1.165, 1.54) is 12.1 Å². The van der Waals surface area contributed by atoms with Crippen LogP contribution in [0.4, 0.5) is 10.1 Å². The Labute approximate surface area is 198 Å². The van der Waals surface area contributed by atoms with Crippen molar-refractivity contribution in [2.24, 2.45) is 0 Å². The third kappa shape index (κ3) is 4.79. The minimum atomic E-state index is -0.314. The summed E-state index contributed by atoms with van der Waals surface area (Å²) < 4.78 is 13.5. The summed E-state index contributed by atoms with van der Waals surface area (Å²) in [6.07, 6.45) is 1.77. The van der Waals surface area contributed by atoms with Crippen LogP contribution in [0, 0.1) is 12.7 Å². The van der Waals surface area contributed by atoms with Gasteiger partial charge in [-0.05, 0) is 67.0 Å². The fourth-order valence-electron chi connectivity index (χ4n) is 4.21. The minimum absolute atomic E-state index is 0.178. The number of aromatic amines is 1. The first kappa shape index (κ1) is 23.4. The van der Waals surface area contributed by atoms with Gasteiger partial charge in [0.2, 0.25) is 0 Å². The summed E-state index contributed by atoms with van der Waals surface area (Å²) >= 11 is 0. The lowest BCUT2D eigenvalue weighted by molar-refractivity contribution is -0.110. The highest BCUT2D eigenvalue weighted by atomic mass is 19.1. The summed E-state index contributed by atoms with van der Waals surface area (Å²) in [6, 6.07) is 13.6. The molecule has 0 bridgehead atoms. The molecule has 7 heteroatoms. The smallest absolute Gasteiger partial charge is 0.267 e. The molecule has 0 aliphatic carbocycles. The molecule has 0 saturated heterocycles. The number of hydrogen-bond acceptors (Lipinski definition) is 3. The van der Waals surface area contributed by atoms with Gasteiger partial charge in [-0.3, -0.25) is 9.59 Å². The monoisotopic (exact) mass is 460 g/mol. The molecule has 4 rings (SSSR count). The Morgan fingerprint density at radius 2 is 1.85 bits per heavy atom. The number of halogens is 1. The Morgan fingerprint density at radius 1 is 1.12 bits per heavy atom. The van der Waals surface area contributed by atoms with Crippen LogP contribution < -0.4 is 10.6 Å². The van der Waals surface area contributed by atoms with Crippen molar-refractivity contribution in [2.45, 2.75) is 20.8 Å². The first-order chi connectivity index (χ1) is 16.4. The normalized spacial score (nSPS) is 13.9. The zero-order chi connectivity index (χ0) is 24.2. The van der Waals surface area contributed by atoms with Crippen molar-refractivity contribution < 1.29 is 14.0 Å². The van der Waals surface area contributed by atoms with Crippen LogP contribution in [0.2, 0.25) is 0 Å². The maximum atomic E-state index is 13.5. The third-order valence-corrected chi connectivity index (χ3v) is 6.18. The summed E-state index contributed by atoms with van der Waals surface area (Å²) in [6.45, 7) is 9.32. The van der Waals surface area contributed by atoms with E-state index in [1.54, 1.807) is 24.3 Å². The van der Waals surface area contributed by atoms with Gasteiger partial charge >= 0.3 is 0 Å². The van der Waals surface area contributed by atoms with E-state index in [2.05, 4.69) is 34.4 Å². The molecule has 3 N–H and O–H groups in total. The highest BCUT2D eigenvalue weighted by Crippen LogP contribution is 2.40. The molecular formula is C27H29FN4O2. The molecule has 0 unspecified atom stereocenters. The second kappa shape index (κ2) is 10.1. The molecule has 176 valence electrons. The molecular weight excluding hydrogens is 431 g/mol. The summed E-state index contributed by atoms with van der Waals surface area (Å²) in [4.78, 5) is 30.9. The van der Waals surface area contributed by atoms with Crippen LogP contribution in [0.1, 0.15) is 41.2 Å². The molecule has 0 atom stereocenters. The fraction of sp³-hybridized carbons (Fsp3) is 0.259. The average Bonchev–Trinajstić information content (AvgIpc) is 3.36. The van der Waals surface area contributed by atoms with E-state index in [1.807, 2.05) is 25.1 Å². The zero-order valence-corrected chi connectivity index (χ0v) is 19.7. The van der Waals surface area contributed by atoms with Crippen LogP contribution in [0.15, 0.2) is 48.5 Å². The van der Waals surface area contributed by atoms with Crippen molar-refractivity contribution in [3.05, 3.63) is 76.9 Å².